The van der Waals surface area contributed by atoms with E-state index in [2.05, 4.69) is 25.6 Å². The molecule has 0 aliphatic rings. The molecule has 0 amide bonds. The SMILES string of the molecule is COc1ccc(OC)c(NC(=S)Nc2ccc(S(=O)(=O)Nc3ccc(Cl)nn3)cc2)c1. The molecule has 3 rings (SSSR count). The fourth-order valence-corrected chi connectivity index (χ4v) is 3.81. The smallest absolute Gasteiger partial charge is 0.263 e. The van der Waals surface area contributed by atoms with E-state index in [0.29, 0.717) is 22.9 Å². The Balaban J connectivity index is 1.67. The zero-order valence-electron chi connectivity index (χ0n) is 16.4. The summed E-state index contributed by atoms with van der Waals surface area (Å²) in [6, 6.07) is 14.1. The number of rotatable bonds is 7. The van der Waals surface area contributed by atoms with Gasteiger partial charge in [0, 0.05) is 11.8 Å². The highest BCUT2D eigenvalue weighted by molar-refractivity contribution is 7.92. The minimum absolute atomic E-state index is 0.0446. The molecule has 0 bridgehead atoms. The largest absolute Gasteiger partial charge is 0.497 e. The van der Waals surface area contributed by atoms with E-state index in [9.17, 15) is 8.42 Å². The molecular weight excluding hydrogens is 462 g/mol. The first-order valence-electron chi connectivity index (χ1n) is 8.73. The van der Waals surface area contributed by atoms with Crippen molar-refractivity contribution in [2.24, 2.45) is 0 Å². The van der Waals surface area contributed by atoms with Gasteiger partial charge >= 0.3 is 0 Å². The lowest BCUT2D eigenvalue weighted by atomic mass is 10.2. The molecule has 0 fully saturated rings. The standard InChI is InChI=1S/C19H18ClN5O4S2/c1-28-13-5-8-16(29-2)15(11-13)22-19(30)21-12-3-6-14(7-4-12)31(26,27)25-18-10-9-17(20)23-24-18/h3-11H,1-2H3,(H,24,25)(H2,21,22,30). The number of hydrogen-bond donors (Lipinski definition) is 3. The molecule has 3 aromatic rings. The summed E-state index contributed by atoms with van der Waals surface area (Å²) < 4.78 is 37.8. The summed E-state index contributed by atoms with van der Waals surface area (Å²) in [4.78, 5) is 0.0446. The third kappa shape index (κ3) is 5.94. The first-order valence-corrected chi connectivity index (χ1v) is 11.0. The van der Waals surface area contributed by atoms with Crippen LogP contribution in [0.1, 0.15) is 0 Å². The van der Waals surface area contributed by atoms with Crippen LogP contribution in [-0.2, 0) is 10.0 Å². The van der Waals surface area contributed by atoms with E-state index in [-0.39, 0.29) is 21.0 Å². The molecule has 0 aliphatic heterocycles. The molecule has 0 unspecified atom stereocenters. The second-order valence-electron chi connectivity index (χ2n) is 6.02. The maximum atomic E-state index is 12.5. The van der Waals surface area contributed by atoms with Crippen molar-refractivity contribution in [2.75, 3.05) is 29.6 Å². The lowest BCUT2D eigenvalue weighted by Gasteiger charge is -2.15. The van der Waals surface area contributed by atoms with Gasteiger partial charge in [0.15, 0.2) is 16.1 Å². The maximum Gasteiger partial charge on any atom is 0.263 e. The van der Waals surface area contributed by atoms with Gasteiger partial charge in [0.05, 0.1) is 24.8 Å². The molecule has 0 saturated carbocycles. The van der Waals surface area contributed by atoms with Crippen LogP contribution in [0.15, 0.2) is 59.5 Å². The van der Waals surface area contributed by atoms with Gasteiger partial charge in [-0.2, -0.15) is 0 Å². The number of hydrogen-bond acceptors (Lipinski definition) is 7. The number of thiocarbonyl (C=S) groups is 1. The molecule has 1 aromatic heterocycles. The molecule has 0 radical (unpaired) electrons. The van der Waals surface area contributed by atoms with Gasteiger partial charge in [-0.1, -0.05) is 11.6 Å². The summed E-state index contributed by atoms with van der Waals surface area (Å²) >= 11 is 11.0. The van der Waals surface area contributed by atoms with Gasteiger partial charge in [0.1, 0.15) is 11.5 Å². The quantitative estimate of drug-likeness (QED) is 0.435. The average molecular weight is 480 g/mol. The van der Waals surface area contributed by atoms with Crippen LogP contribution >= 0.6 is 23.8 Å². The van der Waals surface area contributed by atoms with Gasteiger partial charge in [0.25, 0.3) is 10.0 Å². The van der Waals surface area contributed by atoms with E-state index in [1.165, 1.54) is 24.3 Å². The van der Waals surface area contributed by atoms with Gasteiger partial charge in [-0.15, -0.1) is 10.2 Å². The highest BCUT2D eigenvalue weighted by Crippen LogP contribution is 2.29. The number of ether oxygens (including phenoxy) is 2. The van der Waals surface area contributed by atoms with Crippen LogP contribution in [0.5, 0.6) is 11.5 Å². The molecule has 0 aliphatic carbocycles. The number of nitrogens with zero attached hydrogens (tertiary/aromatic N) is 2. The topological polar surface area (TPSA) is 114 Å². The molecular formula is C19H18ClN5O4S2. The Morgan fingerprint density at radius 3 is 2.32 bits per heavy atom. The summed E-state index contributed by atoms with van der Waals surface area (Å²) in [5.74, 6) is 1.28. The number of anilines is 3. The minimum atomic E-state index is -3.84. The van der Waals surface area contributed by atoms with E-state index in [1.54, 1.807) is 44.6 Å². The first kappa shape index (κ1) is 22.5. The Kier molecular flexibility index (Phi) is 7.10. The number of methoxy groups -OCH3 is 2. The third-order valence-corrected chi connectivity index (χ3v) is 5.72. The molecule has 0 saturated heterocycles. The Morgan fingerprint density at radius 2 is 1.71 bits per heavy atom. The molecule has 3 N–H and O–H groups in total. The molecule has 0 spiro atoms. The average Bonchev–Trinajstić information content (AvgIpc) is 2.75. The molecule has 12 heteroatoms. The van der Waals surface area contributed by atoms with Crippen molar-refractivity contribution in [3.8, 4) is 11.5 Å². The zero-order chi connectivity index (χ0) is 22.4. The number of sulfonamides is 1. The fourth-order valence-electron chi connectivity index (χ4n) is 2.48. The highest BCUT2D eigenvalue weighted by Gasteiger charge is 2.15. The van der Waals surface area contributed by atoms with E-state index < -0.39 is 10.0 Å². The van der Waals surface area contributed by atoms with Gasteiger partial charge < -0.3 is 20.1 Å². The van der Waals surface area contributed by atoms with Crippen LogP contribution in [0.2, 0.25) is 5.15 Å². The summed E-state index contributed by atoms with van der Waals surface area (Å²) in [6.45, 7) is 0. The van der Waals surface area contributed by atoms with Crippen molar-refractivity contribution < 1.29 is 17.9 Å². The normalized spacial score (nSPS) is 10.8. The van der Waals surface area contributed by atoms with Gasteiger partial charge in [-0.3, -0.25) is 4.72 Å². The van der Waals surface area contributed by atoms with Crippen molar-refractivity contribution in [3.05, 3.63) is 59.8 Å². The van der Waals surface area contributed by atoms with Crippen LogP contribution in [0.4, 0.5) is 17.2 Å². The zero-order valence-corrected chi connectivity index (χ0v) is 18.8. The van der Waals surface area contributed by atoms with Crippen LogP contribution < -0.4 is 24.8 Å². The molecule has 9 nitrogen and oxygen atoms in total. The fraction of sp³-hybridized carbons (Fsp3) is 0.105. The third-order valence-electron chi connectivity index (χ3n) is 3.95. The number of aromatic nitrogens is 2. The Morgan fingerprint density at radius 1 is 0.968 bits per heavy atom. The summed E-state index contributed by atoms with van der Waals surface area (Å²) in [5, 5.41) is 13.7. The highest BCUT2D eigenvalue weighted by atomic mass is 35.5. The monoisotopic (exact) mass is 479 g/mol. The molecule has 31 heavy (non-hydrogen) atoms. The predicted molar refractivity (Wildman–Crippen MR) is 124 cm³/mol. The van der Waals surface area contributed by atoms with Crippen molar-refractivity contribution in [3.63, 3.8) is 0 Å². The van der Waals surface area contributed by atoms with Gasteiger partial charge in [-0.05, 0) is 60.7 Å². The van der Waals surface area contributed by atoms with E-state index >= 15 is 0 Å². The molecule has 2 aromatic carbocycles. The Hall–Kier alpha value is -3.15. The summed E-state index contributed by atoms with van der Waals surface area (Å²) in [5.41, 5.74) is 1.21. The lowest BCUT2D eigenvalue weighted by molar-refractivity contribution is 0.405. The Labute approximate surface area is 189 Å². The van der Waals surface area contributed by atoms with Crippen molar-refractivity contribution in [1.82, 2.24) is 10.2 Å². The van der Waals surface area contributed by atoms with Gasteiger partial charge in [-0.25, -0.2) is 8.42 Å². The predicted octanol–water partition coefficient (Wildman–Crippen LogP) is 3.76. The van der Waals surface area contributed by atoms with Crippen molar-refractivity contribution >= 4 is 56.1 Å². The van der Waals surface area contributed by atoms with Crippen molar-refractivity contribution in [1.29, 1.82) is 0 Å². The van der Waals surface area contributed by atoms with Crippen molar-refractivity contribution in [2.45, 2.75) is 4.90 Å². The molecule has 1 heterocycles. The second kappa shape index (κ2) is 9.77. The van der Waals surface area contributed by atoms with E-state index in [1.807, 2.05) is 0 Å². The number of halogens is 1. The first-order chi connectivity index (χ1) is 14.8. The minimum Gasteiger partial charge on any atom is -0.497 e. The van der Waals surface area contributed by atoms with Crippen LogP contribution in [-0.4, -0.2) is 37.9 Å². The number of benzene rings is 2. The van der Waals surface area contributed by atoms with Gasteiger partial charge in [0.2, 0.25) is 0 Å². The molecule has 162 valence electrons. The second-order valence-corrected chi connectivity index (χ2v) is 8.49. The van der Waals surface area contributed by atoms with Crippen LogP contribution in [0, 0.1) is 0 Å². The lowest BCUT2D eigenvalue weighted by Crippen LogP contribution is -2.19. The Bertz CT molecular complexity index is 1170. The summed E-state index contributed by atoms with van der Waals surface area (Å²) in [6.07, 6.45) is 0. The van der Waals surface area contributed by atoms with Crippen LogP contribution in [0.25, 0.3) is 0 Å². The number of nitrogens with one attached hydrogen (secondary N) is 3. The maximum absolute atomic E-state index is 12.5. The van der Waals surface area contributed by atoms with Crippen LogP contribution in [0.3, 0.4) is 0 Å². The summed E-state index contributed by atoms with van der Waals surface area (Å²) in [7, 11) is -0.729. The molecule has 0 atom stereocenters. The van der Waals surface area contributed by atoms with E-state index in [4.69, 9.17) is 33.3 Å². The van der Waals surface area contributed by atoms with E-state index in [0.717, 1.165) is 0 Å².